The van der Waals surface area contributed by atoms with E-state index in [1.165, 1.54) is 6.07 Å². The summed E-state index contributed by atoms with van der Waals surface area (Å²) in [5.74, 6) is -1.94. The molecule has 0 aliphatic heterocycles. The number of halogens is 5. The fraction of sp³-hybridized carbons (Fsp3) is 0.0769. The van der Waals surface area contributed by atoms with Gasteiger partial charge in [-0.1, -0.05) is 29.3 Å². The van der Waals surface area contributed by atoms with Crippen molar-refractivity contribution in [3.8, 4) is 0 Å². The number of nitrogens with one attached hydrogen (secondary N) is 1. The molecule has 6 heteroatoms. The number of hydrogen-bond donors (Lipinski definition) is 1. The van der Waals surface area contributed by atoms with Crippen molar-refractivity contribution in [3.05, 3.63) is 63.4 Å². The van der Waals surface area contributed by atoms with Crippen LogP contribution in [0, 0.1) is 17.5 Å². The van der Waals surface area contributed by atoms with Gasteiger partial charge in [-0.3, -0.25) is 0 Å². The van der Waals surface area contributed by atoms with Crippen LogP contribution in [0.2, 0.25) is 10.0 Å². The molecule has 100 valence electrons. The van der Waals surface area contributed by atoms with E-state index in [2.05, 4.69) is 5.32 Å². The minimum atomic E-state index is -0.679. The Labute approximate surface area is 118 Å². The maximum Gasteiger partial charge on any atom is 0.131 e. The summed E-state index contributed by atoms with van der Waals surface area (Å²) in [5, 5.41) is 2.78. The van der Waals surface area contributed by atoms with Crippen molar-refractivity contribution in [3.63, 3.8) is 0 Å². The number of hydrogen-bond acceptors (Lipinski definition) is 1. The van der Waals surface area contributed by atoms with Crippen molar-refractivity contribution in [2.24, 2.45) is 0 Å². The number of benzene rings is 2. The minimum absolute atomic E-state index is 0.0433. The van der Waals surface area contributed by atoms with Crippen LogP contribution < -0.4 is 5.32 Å². The largest absolute Gasteiger partial charge is 0.378 e. The summed E-state index contributed by atoms with van der Waals surface area (Å²) in [4.78, 5) is 0. The van der Waals surface area contributed by atoms with Crippen molar-refractivity contribution in [2.75, 3.05) is 5.32 Å². The monoisotopic (exact) mass is 305 g/mol. The lowest BCUT2D eigenvalue weighted by atomic mass is 10.2. The van der Waals surface area contributed by atoms with Crippen molar-refractivity contribution in [2.45, 2.75) is 6.54 Å². The first-order valence-electron chi connectivity index (χ1n) is 5.30. The van der Waals surface area contributed by atoms with Gasteiger partial charge in [0.1, 0.15) is 17.5 Å². The van der Waals surface area contributed by atoms with Crippen LogP contribution >= 0.6 is 23.2 Å². The Hall–Kier alpha value is -1.39. The van der Waals surface area contributed by atoms with E-state index in [4.69, 9.17) is 23.2 Å². The van der Waals surface area contributed by atoms with Gasteiger partial charge < -0.3 is 5.32 Å². The van der Waals surface area contributed by atoms with Crippen molar-refractivity contribution in [1.29, 1.82) is 0 Å². The van der Waals surface area contributed by atoms with Gasteiger partial charge in [0.05, 0.1) is 15.7 Å². The van der Waals surface area contributed by atoms with E-state index >= 15 is 0 Å². The third-order valence-electron chi connectivity index (χ3n) is 2.51. The van der Waals surface area contributed by atoms with Crippen molar-refractivity contribution in [1.82, 2.24) is 0 Å². The van der Waals surface area contributed by atoms with Gasteiger partial charge >= 0.3 is 0 Å². The molecule has 2 rings (SSSR count). The van der Waals surface area contributed by atoms with Crippen LogP contribution in [0.4, 0.5) is 18.9 Å². The lowest BCUT2D eigenvalue weighted by Crippen LogP contribution is -2.05. The smallest absolute Gasteiger partial charge is 0.131 e. The van der Waals surface area contributed by atoms with E-state index in [1.807, 2.05) is 0 Å². The van der Waals surface area contributed by atoms with Crippen molar-refractivity contribution >= 4 is 28.9 Å². The molecule has 0 radical (unpaired) electrons. The van der Waals surface area contributed by atoms with E-state index in [9.17, 15) is 13.2 Å². The average Bonchev–Trinajstić information content (AvgIpc) is 2.31. The zero-order chi connectivity index (χ0) is 14.0. The Bertz CT molecular complexity index is 574. The molecule has 0 atom stereocenters. The molecule has 0 fully saturated rings. The lowest BCUT2D eigenvalue weighted by Gasteiger charge is -2.11. The molecule has 0 aromatic heterocycles. The molecule has 0 unspecified atom stereocenters. The SMILES string of the molecule is Fc1cc(Cl)c(NCc2c(F)cccc2F)c(Cl)c1. The molecule has 2 aromatic carbocycles. The second-order valence-electron chi connectivity index (χ2n) is 3.80. The molecular weight excluding hydrogens is 298 g/mol. The molecule has 0 aliphatic carbocycles. The van der Waals surface area contributed by atoms with Gasteiger partial charge in [-0.2, -0.15) is 0 Å². The Morgan fingerprint density at radius 1 is 0.947 bits per heavy atom. The molecule has 0 spiro atoms. The molecule has 2 aromatic rings. The lowest BCUT2D eigenvalue weighted by molar-refractivity contribution is 0.560. The zero-order valence-corrected chi connectivity index (χ0v) is 11.0. The maximum atomic E-state index is 13.4. The van der Waals surface area contributed by atoms with E-state index < -0.39 is 17.5 Å². The summed E-state index contributed by atoms with van der Waals surface area (Å²) in [6.07, 6.45) is 0. The molecule has 1 N–H and O–H groups in total. The molecule has 19 heavy (non-hydrogen) atoms. The van der Waals surface area contributed by atoms with Gasteiger partial charge in [0.25, 0.3) is 0 Å². The molecule has 0 aliphatic rings. The van der Waals surface area contributed by atoms with Gasteiger partial charge in [-0.15, -0.1) is 0 Å². The average molecular weight is 306 g/mol. The number of rotatable bonds is 3. The van der Waals surface area contributed by atoms with Crippen LogP contribution in [-0.2, 0) is 6.54 Å². The summed E-state index contributed by atoms with van der Waals surface area (Å²) >= 11 is 11.6. The summed E-state index contributed by atoms with van der Waals surface area (Å²) < 4.78 is 39.8. The first-order chi connectivity index (χ1) is 8.99. The van der Waals surface area contributed by atoms with E-state index in [1.54, 1.807) is 0 Å². The topological polar surface area (TPSA) is 12.0 Å². The fourth-order valence-electron chi connectivity index (χ4n) is 1.59. The standard InChI is InChI=1S/C13H8Cl2F3N/c14-9-4-7(16)5-10(15)13(9)19-6-8-11(17)2-1-3-12(8)18/h1-5,19H,6H2. The van der Waals surface area contributed by atoms with Gasteiger partial charge in [-0.25, -0.2) is 13.2 Å². The molecule has 1 nitrogen and oxygen atoms in total. The first-order valence-corrected chi connectivity index (χ1v) is 6.06. The second-order valence-corrected chi connectivity index (χ2v) is 4.61. The molecule has 0 saturated heterocycles. The van der Waals surface area contributed by atoms with Gasteiger partial charge in [0, 0.05) is 12.1 Å². The molecule has 0 saturated carbocycles. The summed E-state index contributed by atoms with van der Waals surface area (Å²) in [7, 11) is 0. The second kappa shape index (κ2) is 5.72. The molecule has 0 heterocycles. The number of anilines is 1. The predicted octanol–water partition coefficient (Wildman–Crippen LogP) is 5.02. The minimum Gasteiger partial charge on any atom is -0.378 e. The Morgan fingerprint density at radius 2 is 1.47 bits per heavy atom. The highest BCUT2D eigenvalue weighted by Crippen LogP contribution is 2.32. The molecule has 0 amide bonds. The van der Waals surface area contributed by atoms with E-state index in [0.717, 1.165) is 24.3 Å². The fourth-order valence-corrected chi connectivity index (χ4v) is 2.18. The Morgan fingerprint density at radius 3 is 2.00 bits per heavy atom. The first kappa shape index (κ1) is 14.0. The molecule has 0 bridgehead atoms. The van der Waals surface area contributed by atoms with Crippen LogP contribution in [0.25, 0.3) is 0 Å². The highest BCUT2D eigenvalue weighted by atomic mass is 35.5. The third kappa shape index (κ3) is 3.14. The quantitative estimate of drug-likeness (QED) is 0.839. The maximum absolute atomic E-state index is 13.4. The highest BCUT2D eigenvalue weighted by Gasteiger charge is 2.12. The van der Waals surface area contributed by atoms with E-state index in [0.29, 0.717) is 0 Å². The normalized spacial score (nSPS) is 10.6. The third-order valence-corrected chi connectivity index (χ3v) is 3.11. The highest BCUT2D eigenvalue weighted by molar-refractivity contribution is 6.39. The van der Waals surface area contributed by atoms with E-state index in [-0.39, 0.29) is 27.8 Å². The predicted molar refractivity (Wildman–Crippen MR) is 70.1 cm³/mol. The van der Waals surface area contributed by atoms with Crippen LogP contribution in [0.3, 0.4) is 0 Å². The van der Waals surface area contributed by atoms with Gasteiger partial charge in [0.15, 0.2) is 0 Å². The van der Waals surface area contributed by atoms with Crippen LogP contribution in [0.1, 0.15) is 5.56 Å². The van der Waals surface area contributed by atoms with Crippen LogP contribution in [0.15, 0.2) is 30.3 Å². The van der Waals surface area contributed by atoms with Gasteiger partial charge in [-0.05, 0) is 24.3 Å². The van der Waals surface area contributed by atoms with Crippen LogP contribution in [0.5, 0.6) is 0 Å². The van der Waals surface area contributed by atoms with Crippen molar-refractivity contribution < 1.29 is 13.2 Å². The Kier molecular flexibility index (Phi) is 4.22. The molecular formula is C13H8Cl2F3N. The summed E-state index contributed by atoms with van der Waals surface area (Å²) in [6.45, 7) is -0.149. The summed E-state index contributed by atoms with van der Waals surface area (Å²) in [6, 6.07) is 5.69. The Balaban J connectivity index is 2.24. The zero-order valence-electron chi connectivity index (χ0n) is 9.48. The van der Waals surface area contributed by atoms with Crippen LogP contribution in [-0.4, -0.2) is 0 Å². The summed E-state index contributed by atoms with van der Waals surface area (Å²) in [5.41, 5.74) is 0.0892. The van der Waals surface area contributed by atoms with Gasteiger partial charge in [0.2, 0.25) is 0 Å².